The molecule has 5 heteroatoms. The third kappa shape index (κ3) is 4.00. The van der Waals surface area contributed by atoms with E-state index in [-0.39, 0.29) is 11.9 Å². The standard InChI is InChI=1S/C13H17N3OS/c1-11(10-12-4-2-9-18-12)15-13(17)5-8-16-7-3-6-14-16/h2-4,6-7,9,11H,5,8,10H2,1H3,(H,15,17)/t11-/m0/s1. The topological polar surface area (TPSA) is 46.9 Å². The minimum absolute atomic E-state index is 0.0783. The van der Waals surface area contributed by atoms with Crippen LogP contribution in [-0.2, 0) is 17.8 Å². The van der Waals surface area contributed by atoms with E-state index in [2.05, 4.69) is 21.9 Å². The van der Waals surface area contributed by atoms with Gasteiger partial charge in [0.05, 0.1) is 0 Å². The Bertz CT molecular complexity index is 464. The van der Waals surface area contributed by atoms with Crippen molar-refractivity contribution in [3.8, 4) is 0 Å². The third-order valence-corrected chi connectivity index (χ3v) is 3.52. The van der Waals surface area contributed by atoms with Crippen LogP contribution in [0.1, 0.15) is 18.2 Å². The molecule has 0 aromatic carbocycles. The Balaban J connectivity index is 1.70. The maximum absolute atomic E-state index is 11.7. The van der Waals surface area contributed by atoms with E-state index in [0.717, 1.165) is 6.42 Å². The monoisotopic (exact) mass is 263 g/mol. The molecular formula is C13H17N3OS. The Morgan fingerprint density at radius 1 is 1.56 bits per heavy atom. The largest absolute Gasteiger partial charge is 0.353 e. The molecule has 1 atom stereocenters. The predicted octanol–water partition coefficient (Wildman–Crippen LogP) is 2.08. The van der Waals surface area contributed by atoms with Crippen molar-refractivity contribution in [1.29, 1.82) is 0 Å². The van der Waals surface area contributed by atoms with Crippen molar-refractivity contribution in [2.24, 2.45) is 0 Å². The molecule has 0 aliphatic carbocycles. The molecule has 0 bridgehead atoms. The fourth-order valence-electron chi connectivity index (χ4n) is 1.78. The summed E-state index contributed by atoms with van der Waals surface area (Å²) in [5.41, 5.74) is 0. The van der Waals surface area contributed by atoms with Gasteiger partial charge in [0.15, 0.2) is 0 Å². The lowest BCUT2D eigenvalue weighted by Gasteiger charge is -2.12. The number of hydrogen-bond acceptors (Lipinski definition) is 3. The zero-order chi connectivity index (χ0) is 12.8. The van der Waals surface area contributed by atoms with Gasteiger partial charge in [0.25, 0.3) is 0 Å². The molecule has 0 saturated carbocycles. The number of thiophene rings is 1. The average Bonchev–Trinajstić information content (AvgIpc) is 2.98. The molecule has 0 aliphatic heterocycles. The van der Waals surface area contributed by atoms with E-state index in [1.807, 2.05) is 25.3 Å². The van der Waals surface area contributed by atoms with Crippen molar-refractivity contribution in [3.63, 3.8) is 0 Å². The Kier molecular flexibility index (Phi) is 4.52. The van der Waals surface area contributed by atoms with Crippen molar-refractivity contribution < 1.29 is 4.79 Å². The number of carbonyl (C=O) groups is 1. The first kappa shape index (κ1) is 12.8. The lowest BCUT2D eigenvalue weighted by Crippen LogP contribution is -2.34. The summed E-state index contributed by atoms with van der Waals surface area (Å²) in [6.07, 6.45) is 4.95. The molecule has 4 nitrogen and oxygen atoms in total. The highest BCUT2D eigenvalue weighted by atomic mass is 32.1. The number of amides is 1. The summed E-state index contributed by atoms with van der Waals surface area (Å²) in [6.45, 7) is 2.66. The predicted molar refractivity (Wildman–Crippen MR) is 72.5 cm³/mol. The van der Waals surface area contributed by atoms with Crippen molar-refractivity contribution in [2.75, 3.05) is 0 Å². The number of aryl methyl sites for hydroxylation is 1. The van der Waals surface area contributed by atoms with Crippen molar-refractivity contribution in [2.45, 2.75) is 32.4 Å². The van der Waals surface area contributed by atoms with Crippen LogP contribution in [0.4, 0.5) is 0 Å². The highest BCUT2D eigenvalue weighted by Crippen LogP contribution is 2.10. The van der Waals surface area contributed by atoms with Crippen LogP contribution in [0.15, 0.2) is 36.0 Å². The minimum atomic E-state index is 0.0783. The quantitative estimate of drug-likeness (QED) is 0.867. The molecule has 1 amide bonds. The van der Waals surface area contributed by atoms with Crippen molar-refractivity contribution in [1.82, 2.24) is 15.1 Å². The molecule has 0 fully saturated rings. The Morgan fingerprint density at radius 3 is 3.11 bits per heavy atom. The molecule has 96 valence electrons. The van der Waals surface area contributed by atoms with Gasteiger partial charge in [-0.05, 0) is 24.4 Å². The van der Waals surface area contributed by atoms with Gasteiger partial charge in [-0.1, -0.05) is 6.07 Å². The van der Waals surface area contributed by atoms with Gasteiger partial charge in [-0.25, -0.2) is 0 Å². The SMILES string of the molecule is C[C@@H](Cc1cccs1)NC(=O)CCn1cccn1. The van der Waals surface area contributed by atoms with E-state index in [1.165, 1.54) is 4.88 Å². The zero-order valence-corrected chi connectivity index (χ0v) is 11.2. The molecule has 2 aromatic heterocycles. The van der Waals surface area contributed by atoms with Crippen LogP contribution in [0, 0.1) is 0 Å². The van der Waals surface area contributed by atoms with E-state index in [0.29, 0.717) is 13.0 Å². The van der Waals surface area contributed by atoms with Crippen LogP contribution < -0.4 is 5.32 Å². The molecule has 0 aliphatic rings. The number of nitrogens with one attached hydrogen (secondary N) is 1. The van der Waals surface area contributed by atoms with Crippen molar-refractivity contribution in [3.05, 3.63) is 40.8 Å². The molecule has 0 radical (unpaired) electrons. The number of carbonyl (C=O) groups excluding carboxylic acids is 1. The fourth-order valence-corrected chi connectivity index (χ4v) is 2.61. The Morgan fingerprint density at radius 2 is 2.44 bits per heavy atom. The molecule has 18 heavy (non-hydrogen) atoms. The van der Waals surface area contributed by atoms with Crippen LogP contribution >= 0.6 is 11.3 Å². The molecule has 0 spiro atoms. The summed E-state index contributed by atoms with van der Waals surface area (Å²) < 4.78 is 1.77. The van der Waals surface area contributed by atoms with Gasteiger partial charge in [-0.2, -0.15) is 5.10 Å². The molecule has 2 aromatic rings. The maximum Gasteiger partial charge on any atom is 0.222 e. The first-order chi connectivity index (χ1) is 8.74. The second-order valence-electron chi connectivity index (χ2n) is 4.27. The smallest absolute Gasteiger partial charge is 0.222 e. The zero-order valence-electron chi connectivity index (χ0n) is 10.4. The van der Waals surface area contributed by atoms with Gasteiger partial charge in [0.1, 0.15) is 0 Å². The number of rotatable bonds is 6. The van der Waals surface area contributed by atoms with E-state index < -0.39 is 0 Å². The summed E-state index contributed by atoms with van der Waals surface area (Å²) in [6, 6.07) is 6.16. The van der Waals surface area contributed by atoms with Crippen LogP contribution in [-0.4, -0.2) is 21.7 Å². The second-order valence-corrected chi connectivity index (χ2v) is 5.30. The van der Waals surface area contributed by atoms with E-state index in [4.69, 9.17) is 0 Å². The highest BCUT2D eigenvalue weighted by Gasteiger charge is 2.08. The molecule has 1 N–H and O–H groups in total. The van der Waals surface area contributed by atoms with E-state index in [1.54, 1.807) is 22.2 Å². The first-order valence-corrected chi connectivity index (χ1v) is 6.91. The Labute approximate surface area is 111 Å². The highest BCUT2D eigenvalue weighted by molar-refractivity contribution is 7.09. The summed E-state index contributed by atoms with van der Waals surface area (Å²) in [5, 5.41) is 9.13. The maximum atomic E-state index is 11.7. The normalized spacial score (nSPS) is 12.3. The number of nitrogens with zero attached hydrogens (tertiary/aromatic N) is 2. The van der Waals surface area contributed by atoms with Crippen LogP contribution in [0.25, 0.3) is 0 Å². The molecule has 0 unspecified atom stereocenters. The number of hydrogen-bond donors (Lipinski definition) is 1. The van der Waals surface area contributed by atoms with Gasteiger partial charge in [0, 0.05) is 42.7 Å². The Hall–Kier alpha value is -1.62. The third-order valence-electron chi connectivity index (χ3n) is 2.62. The summed E-state index contributed by atoms with van der Waals surface area (Å²) >= 11 is 1.72. The minimum Gasteiger partial charge on any atom is -0.353 e. The van der Waals surface area contributed by atoms with Gasteiger partial charge in [-0.15, -0.1) is 11.3 Å². The molecular weight excluding hydrogens is 246 g/mol. The first-order valence-electron chi connectivity index (χ1n) is 6.03. The van der Waals surface area contributed by atoms with Gasteiger partial charge >= 0.3 is 0 Å². The fraction of sp³-hybridized carbons (Fsp3) is 0.385. The second kappa shape index (κ2) is 6.35. The van der Waals surface area contributed by atoms with Gasteiger partial charge in [0.2, 0.25) is 5.91 Å². The summed E-state index contributed by atoms with van der Waals surface area (Å²) in [4.78, 5) is 13.0. The van der Waals surface area contributed by atoms with Crippen LogP contribution in [0.5, 0.6) is 0 Å². The number of aromatic nitrogens is 2. The molecule has 2 heterocycles. The lowest BCUT2D eigenvalue weighted by molar-refractivity contribution is -0.121. The van der Waals surface area contributed by atoms with E-state index >= 15 is 0 Å². The van der Waals surface area contributed by atoms with E-state index in [9.17, 15) is 4.79 Å². The molecule has 0 saturated heterocycles. The van der Waals surface area contributed by atoms with Crippen LogP contribution in [0.3, 0.4) is 0 Å². The van der Waals surface area contributed by atoms with Crippen LogP contribution in [0.2, 0.25) is 0 Å². The lowest BCUT2D eigenvalue weighted by atomic mass is 10.2. The average molecular weight is 263 g/mol. The van der Waals surface area contributed by atoms with Gasteiger partial charge < -0.3 is 5.32 Å². The summed E-state index contributed by atoms with van der Waals surface area (Å²) in [5.74, 6) is 0.0783. The molecule has 2 rings (SSSR count). The van der Waals surface area contributed by atoms with Gasteiger partial charge in [-0.3, -0.25) is 9.48 Å². The summed E-state index contributed by atoms with van der Waals surface area (Å²) in [7, 11) is 0. The van der Waals surface area contributed by atoms with Crippen molar-refractivity contribution >= 4 is 17.2 Å².